The second kappa shape index (κ2) is 3.10. The molecule has 0 amide bonds. The van der Waals surface area contributed by atoms with E-state index in [4.69, 9.17) is 5.11 Å². The van der Waals surface area contributed by atoms with Crippen molar-refractivity contribution in [1.82, 2.24) is 0 Å². The van der Waals surface area contributed by atoms with Crippen molar-refractivity contribution in [3.8, 4) is 0 Å². The second-order valence-electron chi connectivity index (χ2n) is 3.80. The molecule has 3 heteroatoms. The zero-order chi connectivity index (χ0) is 10.3. The maximum Gasteiger partial charge on any atom is 0.309 e. The maximum atomic E-state index is 10.8. The summed E-state index contributed by atoms with van der Waals surface area (Å²) in [5, 5.41) is 18.6. The SMILES string of the molecule is Cc1ccc2c(c1)C(O)C(C(=O)O)C2. The third-order valence-corrected chi connectivity index (χ3v) is 2.76. The molecule has 1 aromatic rings. The number of aliphatic hydroxyl groups is 1. The fraction of sp³-hybridized carbons (Fsp3) is 0.364. The Hall–Kier alpha value is -1.35. The van der Waals surface area contributed by atoms with Gasteiger partial charge in [-0.05, 0) is 24.5 Å². The molecule has 2 unspecified atom stereocenters. The molecule has 1 aliphatic carbocycles. The van der Waals surface area contributed by atoms with Crippen LogP contribution in [0, 0.1) is 12.8 Å². The van der Waals surface area contributed by atoms with Crippen LogP contribution in [0.25, 0.3) is 0 Å². The first-order valence-electron chi connectivity index (χ1n) is 4.60. The van der Waals surface area contributed by atoms with Crippen LogP contribution >= 0.6 is 0 Å². The van der Waals surface area contributed by atoms with E-state index in [0.29, 0.717) is 6.42 Å². The molecule has 0 aromatic heterocycles. The van der Waals surface area contributed by atoms with Gasteiger partial charge in [-0.3, -0.25) is 4.79 Å². The van der Waals surface area contributed by atoms with Crippen molar-refractivity contribution in [3.63, 3.8) is 0 Å². The summed E-state index contributed by atoms with van der Waals surface area (Å²) in [6.07, 6.45) is -0.408. The zero-order valence-electron chi connectivity index (χ0n) is 7.90. The normalized spacial score (nSPS) is 24.7. The van der Waals surface area contributed by atoms with Crippen LogP contribution in [0.3, 0.4) is 0 Å². The van der Waals surface area contributed by atoms with Gasteiger partial charge in [-0.25, -0.2) is 0 Å². The van der Waals surface area contributed by atoms with Crippen LogP contribution in [0.15, 0.2) is 18.2 Å². The Labute approximate surface area is 82.0 Å². The largest absolute Gasteiger partial charge is 0.481 e. The van der Waals surface area contributed by atoms with Crippen LogP contribution in [0.4, 0.5) is 0 Å². The molecule has 0 radical (unpaired) electrons. The first-order valence-corrected chi connectivity index (χ1v) is 4.60. The smallest absolute Gasteiger partial charge is 0.309 e. The number of carbonyl (C=O) groups is 1. The number of hydrogen-bond donors (Lipinski definition) is 2. The Morgan fingerprint density at radius 3 is 2.86 bits per heavy atom. The summed E-state index contributed by atoms with van der Waals surface area (Å²) in [7, 11) is 0. The van der Waals surface area contributed by atoms with E-state index >= 15 is 0 Å². The highest BCUT2D eigenvalue weighted by Crippen LogP contribution is 2.36. The first-order chi connectivity index (χ1) is 6.59. The van der Waals surface area contributed by atoms with Crippen molar-refractivity contribution in [2.45, 2.75) is 19.4 Å². The lowest BCUT2D eigenvalue weighted by Crippen LogP contribution is -2.17. The fourth-order valence-corrected chi connectivity index (χ4v) is 1.96. The Balaban J connectivity index is 2.41. The van der Waals surface area contributed by atoms with E-state index in [-0.39, 0.29) is 0 Å². The Morgan fingerprint density at radius 1 is 1.50 bits per heavy atom. The molecule has 74 valence electrons. The summed E-state index contributed by atoms with van der Waals surface area (Å²) in [5.74, 6) is -1.60. The van der Waals surface area contributed by atoms with E-state index in [1.54, 1.807) is 0 Å². The molecule has 2 N–H and O–H groups in total. The summed E-state index contributed by atoms with van der Waals surface area (Å²) >= 11 is 0. The Bertz CT molecular complexity index is 384. The third kappa shape index (κ3) is 1.30. The molecule has 0 saturated heterocycles. The minimum Gasteiger partial charge on any atom is -0.481 e. The molecule has 1 aliphatic rings. The van der Waals surface area contributed by atoms with E-state index in [2.05, 4.69) is 0 Å². The van der Waals surface area contributed by atoms with Crippen molar-refractivity contribution < 1.29 is 15.0 Å². The predicted molar refractivity (Wildman–Crippen MR) is 51.0 cm³/mol. The lowest BCUT2D eigenvalue weighted by Gasteiger charge is -2.09. The van der Waals surface area contributed by atoms with E-state index in [1.807, 2.05) is 25.1 Å². The molecule has 2 atom stereocenters. The number of hydrogen-bond acceptors (Lipinski definition) is 2. The topological polar surface area (TPSA) is 57.5 Å². The number of carboxylic acid groups (broad SMARTS) is 1. The molecule has 0 aliphatic heterocycles. The van der Waals surface area contributed by atoms with Gasteiger partial charge >= 0.3 is 5.97 Å². The summed E-state index contributed by atoms with van der Waals surface area (Å²) < 4.78 is 0. The van der Waals surface area contributed by atoms with E-state index in [1.165, 1.54) is 0 Å². The van der Waals surface area contributed by atoms with Crippen LogP contribution in [0.1, 0.15) is 22.8 Å². The molecule has 3 nitrogen and oxygen atoms in total. The minimum absolute atomic E-state index is 0.437. The molecule has 1 aromatic carbocycles. The molecule has 0 fully saturated rings. The number of benzene rings is 1. The molecular formula is C11H12O3. The Kier molecular flexibility index (Phi) is 2.04. The highest BCUT2D eigenvalue weighted by atomic mass is 16.4. The highest BCUT2D eigenvalue weighted by molar-refractivity contribution is 5.73. The summed E-state index contributed by atoms with van der Waals surface area (Å²) in [5.41, 5.74) is 2.78. The monoisotopic (exact) mass is 192 g/mol. The molecule has 0 saturated carbocycles. The van der Waals surface area contributed by atoms with E-state index in [9.17, 15) is 9.90 Å². The van der Waals surface area contributed by atoms with Crippen LogP contribution in [0.2, 0.25) is 0 Å². The number of aryl methyl sites for hydroxylation is 1. The molecule has 2 rings (SSSR count). The number of aliphatic hydroxyl groups excluding tert-OH is 1. The molecule has 0 bridgehead atoms. The van der Waals surface area contributed by atoms with E-state index in [0.717, 1.165) is 16.7 Å². The molecule has 14 heavy (non-hydrogen) atoms. The van der Waals surface area contributed by atoms with Crippen LogP contribution in [-0.2, 0) is 11.2 Å². The molecule has 0 spiro atoms. The van der Waals surface area contributed by atoms with Crippen molar-refractivity contribution >= 4 is 5.97 Å². The van der Waals surface area contributed by atoms with Gasteiger partial charge in [0.15, 0.2) is 0 Å². The summed E-state index contributed by atoms with van der Waals surface area (Å²) in [6, 6.07) is 5.70. The average molecular weight is 192 g/mol. The van der Waals surface area contributed by atoms with Gasteiger partial charge in [0, 0.05) is 0 Å². The van der Waals surface area contributed by atoms with Gasteiger partial charge in [-0.15, -0.1) is 0 Å². The van der Waals surface area contributed by atoms with Gasteiger partial charge in [-0.1, -0.05) is 23.8 Å². The Morgan fingerprint density at radius 2 is 2.21 bits per heavy atom. The third-order valence-electron chi connectivity index (χ3n) is 2.76. The summed E-state index contributed by atoms with van der Waals surface area (Å²) in [4.78, 5) is 10.8. The number of rotatable bonds is 1. The first kappa shape index (κ1) is 9.21. The minimum atomic E-state index is -0.925. The second-order valence-corrected chi connectivity index (χ2v) is 3.80. The quantitative estimate of drug-likeness (QED) is 0.704. The van der Waals surface area contributed by atoms with Crippen LogP contribution in [0.5, 0.6) is 0 Å². The van der Waals surface area contributed by atoms with E-state index < -0.39 is 18.0 Å². The number of aliphatic carboxylic acids is 1. The predicted octanol–water partition coefficient (Wildman–Crippen LogP) is 1.29. The van der Waals surface area contributed by atoms with Gasteiger partial charge in [-0.2, -0.15) is 0 Å². The lowest BCUT2D eigenvalue weighted by molar-refractivity contribution is -0.145. The van der Waals surface area contributed by atoms with Crippen LogP contribution < -0.4 is 0 Å². The van der Waals surface area contributed by atoms with Gasteiger partial charge in [0.05, 0.1) is 12.0 Å². The van der Waals surface area contributed by atoms with Gasteiger partial charge in [0.2, 0.25) is 0 Å². The maximum absolute atomic E-state index is 10.8. The van der Waals surface area contributed by atoms with Crippen LogP contribution in [-0.4, -0.2) is 16.2 Å². The van der Waals surface area contributed by atoms with Crippen molar-refractivity contribution in [2.24, 2.45) is 5.92 Å². The number of fused-ring (bicyclic) bond motifs is 1. The van der Waals surface area contributed by atoms with Crippen molar-refractivity contribution in [1.29, 1.82) is 0 Å². The molecular weight excluding hydrogens is 180 g/mol. The lowest BCUT2D eigenvalue weighted by atomic mass is 10.0. The molecule has 0 heterocycles. The fourth-order valence-electron chi connectivity index (χ4n) is 1.96. The van der Waals surface area contributed by atoms with Crippen molar-refractivity contribution in [3.05, 3.63) is 34.9 Å². The number of carboxylic acids is 1. The average Bonchev–Trinajstić information content (AvgIpc) is 2.44. The van der Waals surface area contributed by atoms with Gasteiger partial charge in [0.25, 0.3) is 0 Å². The zero-order valence-corrected chi connectivity index (χ0v) is 7.90. The van der Waals surface area contributed by atoms with Crippen molar-refractivity contribution in [2.75, 3.05) is 0 Å². The standard InChI is InChI=1S/C11H12O3/c1-6-2-3-7-5-9(11(13)14)10(12)8(7)4-6/h2-4,9-10,12H,5H2,1H3,(H,13,14). The summed E-state index contributed by atoms with van der Waals surface area (Å²) in [6.45, 7) is 1.93. The highest BCUT2D eigenvalue weighted by Gasteiger charge is 2.35. The van der Waals surface area contributed by atoms with Gasteiger partial charge < -0.3 is 10.2 Å². The van der Waals surface area contributed by atoms with Gasteiger partial charge in [0.1, 0.15) is 0 Å².